The zero-order chi connectivity index (χ0) is 13.1. The average Bonchev–Trinajstić information content (AvgIpc) is 2.36. The lowest BCUT2D eigenvalue weighted by Crippen LogP contribution is -1.99. The second-order valence-electron chi connectivity index (χ2n) is 4.22. The molecule has 0 aliphatic rings. The van der Waals surface area contributed by atoms with Crippen molar-refractivity contribution in [3.63, 3.8) is 0 Å². The Labute approximate surface area is 106 Å². The first-order valence-corrected chi connectivity index (χ1v) is 5.75. The Morgan fingerprint density at radius 3 is 2.67 bits per heavy atom. The number of phenols is 1. The van der Waals surface area contributed by atoms with Crippen molar-refractivity contribution in [3.8, 4) is 11.5 Å². The molecule has 0 aliphatic carbocycles. The SMILES string of the molecule is COc1cc(Cc2cnc(C)c(C)n2)ccc1O. The van der Waals surface area contributed by atoms with E-state index in [1.807, 2.05) is 26.0 Å². The van der Waals surface area contributed by atoms with Gasteiger partial charge in [-0.3, -0.25) is 9.97 Å². The highest BCUT2D eigenvalue weighted by molar-refractivity contribution is 5.42. The molecule has 18 heavy (non-hydrogen) atoms. The zero-order valence-electron chi connectivity index (χ0n) is 10.8. The van der Waals surface area contributed by atoms with E-state index >= 15 is 0 Å². The highest BCUT2D eigenvalue weighted by atomic mass is 16.5. The maximum atomic E-state index is 9.53. The molecule has 0 atom stereocenters. The Bertz CT molecular complexity index is 568. The maximum absolute atomic E-state index is 9.53. The summed E-state index contributed by atoms with van der Waals surface area (Å²) >= 11 is 0. The molecule has 0 saturated carbocycles. The van der Waals surface area contributed by atoms with Gasteiger partial charge in [0, 0.05) is 12.6 Å². The highest BCUT2D eigenvalue weighted by Gasteiger charge is 2.05. The standard InChI is InChI=1S/C14H16N2O2/c1-9-10(2)16-12(8-15-9)6-11-4-5-13(17)14(7-11)18-3/h4-5,7-8,17H,6H2,1-3H3. The number of aromatic nitrogens is 2. The molecular formula is C14H16N2O2. The summed E-state index contributed by atoms with van der Waals surface area (Å²) in [5.74, 6) is 0.622. The number of rotatable bonds is 3. The minimum absolute atomic E-state index is 0.146. The Hall–Kier alpha value is -2.10. The predicted molar refractivity (Wildman–Crippen MR) is 69.0 cm³/mol. The molecule has 4 heteroatoms. The second kappa shape index (κ2) is 5.04. The van der Waals surface area contributed by atoms with Gasteiger partial charge in [-0.2, -0.15) is 0 Å². The van der Waals surface area contributed by atoms with Crippen LogP contribution in [-0.2, 0) is 6.42 Å². The van der Waals surface area contributed by atoms with E-state index in [0.717, 1.165) is 22.6 Å². The van der Waals surface area contributed by atoms with Crippen molar-refractivity contribution < 1.29 is 9.84 Å². The summed E-state index contributed by atoms with van der Waals surface area (Å²) < 4.78 is 5.08. The Morgan fingerprint density at radius 1 is 1.22 bits per heavy atom. The fourth-order valence-electron chi connectivity index (χ4n) is 1.72. The fourth-order valence-corrected chi connectivity index (χ4v) is 1.72. The molecule has 4 nitrogen and oxygen atoms in total. The summed E-state index contributed by atoms with van der Waals surface area (Å²) in [5, 5.41) is 9.53. The minimum Gasteiger partial charge on any atom is -0.504 e. The van der Waals surface area contributed by atoms with Gasteiger partial charge in [-0.05, 0) is 31.5 Å². The van der Waals surface area contributed by atoms with E-state index in [-0.39, 0.29) is 5.75 Å². The molecule has 0 unspecified atom stereocenters. The van der Waals surface area contributed by atoms with Gasteiger partial charge >= 0.3 is 0 Å². The summed E-state index contributed by atoms with van der Waals surface area (Å²) in [6.45, 7) is 3.89. The number of hydrogen-bond donors (Lipinski definition) is 1. The largest absolute Gasteiger partial charge is 0.504 e. The van der Waals surface area contributed by atoms with Crippen molar-refractivity contribution in [1.82, 2.24) is 9.97 Å². The van der Waals surface area contributed by atoms with Crippen LogP contribution in [-0.4, -0.2) is 22.2 Å². The molecule has 1 N–H and O–H groups in total. The first-order chi connectivity index (χ1) is 8.60. The van der Waals surface area contributed by atoms with Crippen LogP contribution in [0.1, 0.15) is 22.6 Å². The highest BCUT2D eigenvalue weighted by Crippen LogP contribution is 2.27. The number of aryl methyl sites for hydroxylation is 2. The van der Waals surface area contributed by atoms with Gasteiger partial charge in [-0.1, -0.05) is 6.07 Å². The third kappa shape index (κ3) is 2.59. The van der Waals surface area contributed by atoms with Gasteiger partial charge in [0.25, 0.3) is 0 Å². The number of ether oxygens (including phenoxy) is 1. The summed E-state index contributed by atoms with van der Waals surface area (Å²) in [5.41, 5.74) is 3.83. The lowest BCUT2D eigenvalue weighted by atomic mass is 10.1. The van der Waals surface area contributed by atoms with E-state index in [1.165, 1.54) is 7.11 Å². The van der Waals surface area contributed by atoms with E-state index in [4.69, 9.17) is 4.74 Å². The number of aromatic hydroxyl groups is 1. The molecule has 0 fully saturated rings. The number of phenolic OH excluding ortho intramolecular Hbond substituents is 1. The monoisotopic (exact) mass is 244 g/mol. The average molecular weight is 244 g/mol. The van der Waals surface area contributed by atoms with Crippen LogP contribution in [0.4, 0.5) is 0 Å². The molecule has 0 amide bonds. The molecule has 2 aromatic rings. The molecule has 1 aromatic carbocycles. The van der Waals surface area contributed by atoms with Crippen LogP contribution in [0, 0.1) is 13.8 Å². The van der Waals surface area contributed by atoms with Crippen LogP contribution in [0.15, 0.2) is 24.4 Å². The Balaban J connectivity index is 2.25. The van der Waals surface area contributed by atoms with Gasteiger partial charge in [-0.15, -0.1) is 0 Å². The molecule has 1 heterocycles. The summed E-state index contributed by atoms with van der Waals surface area (Å²) in [4.78, 5) is 8.77. The van der Waals surface area contributed by atoms with Crippen molar-refractivity contribution in [2.45, 2.75) is 20.3 Å². The van der Waals surface area contributed by atoms with Gasteiger partial charge in [0.1, 0.15) is 0 Å². The van der Waals surface area contributed by atoms with Gasteiger partial charge in [0.2, 0.25) is 0 Å². The normalized spacial score (nSPS) is 10.4. The second-order valence-corrected chi connectivity index (χ2v) is 4.22. The molecule has 0 bridgehead atoms. The first kappa shape index (κ1) is 12.4. The molecule has 0 radical (unpaired) electrons. The lowest BCUT2D eigenvalue weighted by Gasteiger charge is -2.07. The summed E-state index contributed by atoms with van der Waals surface area (Å²) in [6.07, 6.45) is 2.45. The van der Waals surface area contributed by atoms with Crippen LogP contribution in [0.2, 0.25) is 0 Å². The van der Waals surface area contributed by atoms with Gasteiger partial charge in [0.15, 0.2) is 11.5 Å². The van der Waals surface area contributed by atoms with Crippen molar-refractivity contribution >= 4 is 0 Å². The third-order valence-electron chi connectivity index (χ3n) is 2.87. The van der Waals surface area contributed by atoms with Crippen LogP contribution in [0.25, 0.3) is 0 Å². The van der Waals surface area contributed by atoms with Gasteiger partial charge in [-0.25, -0.2) is 0 Å². The van der Waals surface area contributed by atoms with E-state index in [0.29, 0.717) is 12.2 Å². The van der Waals surface area contributed by atoms with E-state index in [1.54, 1.807) is 12.3 Å². The van der Waals surface area contributed by atoms with E-state index < -0.39 is 0 Å². The van der Waals surface area contributed by atoms with Gasteiger partial charge < -0.3 is 9.84 Å². The van der Waals surface area contributed by atoms with E-state index in [9.17, 15) is 5.11 Å². The summed E-state index contributed by atoms with van der Waals surface area (Å²) in [6, 6.07) is 5.30. The van der Waals surface area contributed by atoms with Crippen molar-refractivity contribution in [2.24, 2.45) is 0 Å². The molecular weight excluding hydrogens is 228 g/mol. The summed E-state index contributed by atoms with van der Waals surface area (Å²) in [7, 11) is 1.54. The number of methoxy groups -OCH3 is 1. The van der Waals surface area contributed by atoms with Gasteiger partial charge in [0.05, 0.1) is 24.2 Å². The van der Waals surface area contributed by atoms with Crippen LogP contribution in [0.5, 0.6) is 11.5 Å². The number of nitrogens with zero attached hydrogens (tertiary/aromatic N) is 2. The molecule has 2 rings (SSSR count). The quantitative estimate of drug-likeness (QED) is 0.900. The Morgan fingerprint density at radius 2 is 2.00 bits per heavy atom. The molecule has 1 aromatic heterocycles. The first-order valence-electron chi connectivity index (χ1n) is 5.75. The molecule has 0 saturated heterocycles. The third-order valence-corrected chi connectivity index (χ3v) is 2.87. The maximum Gasteiger partial charge on any atom is 0.160 e. The fraction of sp³-hybridized carbons (Fsp3) is 0.286. The van der Waals surface area contributed by atoms with Crippen LogP contribution < -0.4 is 4.74 Å². The van der Waals surface area contributed by atoms with Crippen molar-refractivity contribution in [3.05, 3.63) is 47.0 Å². The lowest BCUT2D eigenvalue weighted by molar-refractivity contribution is 0.373. The number of hydrogen-bond acceptors (Lipinski definition) is 4. The topological polar surface area (TPSA) is 55.2 Å². The molecule has 94 valence electrons. The Kier molecular flexibility index (Phi) is 3.46. The predicted octanol–water partition coefficient (Wildman–Crippen LogP) is 2.40. The molecule has 0 aliphatic heterocycles. The smallest absolute Gasteiger partial charge is 0.160 e. The zero-order valence-corrected chi connectivity index (χ0v) is 10.8. The number of benzene rings is 1. The van der Waals surface area contributed by atoms with E-state index in [2.05, 4.69) is 9.97 Å². The van der Waals surface area contributed by atoms with Crippen molar-refractivity contribution in [2.75, 3.05) is 7.11 Å². The molecule has 0 spiro atoms. The van der Waals surface area contributed by atoms with Crippen LogP contribution >= 0.6 is 0 Å². The van der Waals surface area contributed by atoms with Crippen molar-refractivity contribution in [1.29, 1.82) is 0 Å². The minimum atomic E-state index is 0.146. The van der Waals surface area contributed by atoms with Crippen LogP contribution in [0.3, 0.4) is 0 Å².